The standard InChI is InChI=1S/C19H24N6O3S/c1-3-7-20-17(27)21-16(26)13-29-19-23-22-18(24-8-10-28-11-9-24)25(19)15-6-4-5-14(2)12-15/h3-6,12H,1,7-11,13H2,2H3,(H2,20,21,26,27). The Morgan fingerprint density at radius 1 is 1.31 bits per heavy atom. The molecule has 2 heterocycles. The molecular formula is C19H24N6O3S. The zero-order valence-electron chi connectivity index (χ0n) is 16.3. The number of amides is 3. The zero-order valence-corrected chi connectivity index (χ0v) is 17.1. The van der Waals surface area contributed by atoms with Crippen LogP contribution in [0.3, 0.4) is 0 Å². The first kappa shape index (κ1) is 20.9. The molecule has 0 bridgehead atoms. The number of anilines is 1. The second kappa shape index (κ2) is 10.1. The van der Waals surface area contributed by atoms with Crippen LogP contribution in [0, 0.1) is 6.92 Å². The smallest absolute Gasteiger partial charge is 0.321 e. The Morgan fingerprint density at radius 3 is 2.83 bits per heavy atom. The van der Waals surface area contributed by atoms with E-state index in [0.717, 1.165) is 24.3 Å². The second-order valence-corrected chi connectivity index (χ2v) is 7.33. The van der Waals surface area contributed by atoms with E-state index in [1.807, 2.05) is 35.8 Å². The molecule has 1 aromatic carbocycles. The summed E-state index contributed by atoms with van der Waals surface area (Å²) in [5.74, 6) is 0.336. The number of aryl methyl sites for hydroxylation is 1. The van der Waals surface area contributed by atoms with E-state index in [1.54, 1.807) is 0 Å². The highest BCUT2D eigenvalue weighted by molar-refractivity contribution is 7.99. The molecule has 0 radical (unpaired) electrons. The Labute approximate surface area is 173 Å². The lowest BCUT2D eigenvalue weighted by atomic mass is 10.2. The number of nitrogens with one attached hydrogen (secondary N) is 2. The van der Waals surface area contributed by atoms with E-state index >= 15 is 0 Å². The van der Waals surface area contributed by atoms with Crippen molar-refractivity contribution in [1.82, 2.24) is 25.4 Å². The zero-order chi connectivity index (χ0) is 20.6. The quantitative estimate of drug-likeness (QED) is 0.521. The van der Waals surface area contributed by atoms with Crippen LogP contribution in [-0.2, 0) is 9.53 Å². The monoisotopic (exact) mass is 416 g/mol. The van der Waals surface area contributed by atoms with Gasteiger partial charge in [0.2, 0.25) is 11.9 Å². The first-order valence-electron chi connectivity index (χ1n) is 9.25. The van der Waals surface area contributed by atoms with Gasteiger partial charge in [-0.3, -0.25) is 14.7 Å². The highest BCUT2D eigenvalue weighted by atomic mass is 32.2. The van der Waals surface area contributed by atoms with Crippen molar-refractivity contribution < 1.29 is 14.3 Å². The van der Waals surface area contributed by atoms with Crippen LogP contribution >= 0.6 is 11.8 Å². The van der Waals surface area contributed by atoms with Gasteiger partial charge in [-0.2, -0.15) is 0 Å². The van der Waals surface area contributed by atoms with Gasteiger partial charge >= 0.3 is 6.03 Å². The number of carbonyl (C=O) groups excluding carboxylic acids is 2. The predicted octanol–water partition coefficient (Wildman–Crippen LogP) is 1.52. The molecule has 0 unspecified atom stereocenters. The van der Waals surface area contributed by atoms with Crippen LogP contribution in [0.2, 0.25) is 0 Å². The van der Waals surface area contributed by atoms with Crippen LogP contribution in [0.4, 0.5) is 10.7 Å². The highest BCUT2D eigenvalue weighted by Gasteiger charge is 2.22. The summed E-state index contributed by atoms with van der Waals surface area (Å²) in [6, 6.07) is 7.46. The lowest BCUT2D eigenvalue weighted by molar-refractivity contribution is -0.117. The fourth-order valence-electron chi connectivity index (χ4n) is 2.82. The first-order chi connectivity index (χ1) is 14.1. The number of morpholine rings is 1. The number of urea groups is 1. The summed E-state index contributed by atoms with van der Waals surface area (Å²) in [7, 11) is 0. The summed E-state index contributed by atoms with van der Waals surface area (Å²) in [6.07, 6.45) is 1.54. The van der Waals surface area contributed by atoms with Crippen LogP contribution in [-0.4, -0.2) is 65.3 Å². The number of ether oxygens (including phenoxy) is 1. The number of benzene rings is 1. The molecule has 9 nitrogen and oxygen atoms in total. The Balaban J connectivity index is 1.77. The number of thioether (sulfide) groups is 1. The van der Waals surface area contributed by atoms with Gasteiger partial charge in [-0.25, -0.2) is 4.79 Å². The number of imide groups is 1. The molecule has 2 aromatic rings. The maximum absolute atomic E-state index is 12.1. The number of nitrogens with zero attached hydrogens (tertiary/aromatic N) is 4. The van der Waals surface area contributed by atoms with Crippen LogP contribution in [0.5, 0.6) is 0 Å². The maximum atomic E-state index is 12.1. The maximum Gasteiger partial charge on any atom is 0.321 e. The highest BCUT2D eigenvalue weighted by Crippen LogP contribution is 2.27. The minimum absolute atomic E-state index is 0.0363. The van der Waals surface area contributed by atoms with Crippen LogP contribution in [0.15, 0.2) is 42.1 Å². The molecule has 29 heavy (non-hydrogen) atoms. The van der Waals surface area contributed by atoms with Gasteiger partial charge < -0.3 is 15.0 Å². The van der Waals surface area contributed by atoms with E-state index in [9.17, 15) is 9.59 Å². The molecule has 154 valence electrons. The normalized spacial score (nSPS) is 13.8. The van der Waals surface area contributed by atoms with Crippen molar-refractivity contribution in [1.29, 1.82) is 0 Å². The Hall–Kier alpha value is -2.85. The van der Waals surface area contributed by atoms with Crippen molar-refractivity contribution in [2.45, 2.75) is 12.1 Å². The molecule has 2 N–H and O–H groups in total. The average molecular weight is 417 g/mol. The van der Waals surface area contributed by atoms with Gasteiger partial charge in [0.25, 0.3) is 0 Å². The molecule has 1 aliphatic rings. The van der Waals surface area contributed by atoms with E-state index < -0.39 is 11.9 Å². The van der Waals surface area contributed by atoms with Gasteiger partial charge in [-0.1, -0.05) is 30.0 Å². The minimum atomic E-state index is -0.551. The minimum Gasteiger partial charge on any atom is -0.378 e. The molecule has 0 saturated carbocycles. The lowest BCUT2D eigenvalue weighted by Crippen LogP contribution is -2.40. The van der Waals surface area contributed by atoms with Gasteiger partial charge in [0.1, 0.15) is 0 Å². The second-order valence-electron chi connectivity index (χ2n) is 6.39. The summed E-state index contributed by atoms with van der Waals surface area (Å²) >= 11 is 1.23. The number of hydrogen-bond donors (Lipinski definition) is 2. The third kappa shape index (κ3) is 5.58. The molecule has 0 atom stereocenters. The molecular weight excluding hydrogens is 392 g/mol. The van der Waals surface area contributed by atoms with Crippen LogP contribution < -0.4 is 15.5 Å². The summed E-state index contributed by atoms with van der Waals surface area (Å²) in [4.78, 5) is 25.8. The fourth-order valence-corrected chi connectivity index (χ4v) is 3.57. The third-order valence-corrected chi connectivity index (χ3v) is 5.09. The summed E-state index contributed by atoms with van der Waals surface area (Å²) in [5.41, 5.74) is 2.03. The van der Waals surface area contributed by atoms with Gasteiger partial charge in [0.15, 0.2) is 5.16 Å². The largest absolute Gasteiger partial charge is 0.378 e. The van der Waals surface area contributed by atoms with Gasteiger partial charge in [-0.05, 0) is 24.6 Å². The summed E-state index contributed by atoms with van der Waals surface area (Å²) in [6.45, 7) is 8.52. The van der Waals surface area contributed by atoms with Gasteiger partial charge in [-0.15, -0.1) is 16.8 Å². The molecule has 3 amide bonds. The van der Waals surface area contributed by atoms with E-state index in [1.165, 1.54) is 17.8 Å². The number of hydrogen-bond acceptors (Lipinski definition) is 7. The molecule has 1 fully saturated rings. The van der Waals surface area contributed by atoms with Crippen molar-refractivity contribution in [3.8, 4) is 5.69 Å². The number of aromatic nitrogens is 3. The van der Waals surface area contributed by atoms with Gasteiger partial charge in [0.05, 0.1) is 24.7 Å². The lowest BCUT2D eigenvalue weighted by Gasteiger charge is -2.28. The van der Waals surface area contributed by atoms with Crippen molar-refractivity contribution in [3.63, 3.8) is 0 Å². The molecule has 0 aliphatic carbocycles. The van der Waals surface area contributed by atoms with E-state index in [4.69, 9.17) is 4.74 Å². The molecule has 0 spiro atoms. The van der Waals surface area contributed by atoms with Crippen LogP contribution in [0.1, 0.15) is 5.56 Å². The van der Waals surface area contributed by atoms with Crippen molar-refractivity contribution in [2.24, 2.45) is 0 Å². The topological polar surface area (TPSA) is 101 Å². The predicted molar refractivity (Wildman–Crippen MR) is 112 cm³/mol. The van der Waals surface area contributed by atoms with E-state index in [2.05, 4.69) is 32.3 Å². The van der Waals surface area contributed by atoms with Crippen molar-refractivity contribution >= 4 is 29.6 Å². The fraction of sp³-hybridized carbons (Fsp3) is 0.368. The first-order valence-corrected chi connectivity index (χ1v) is 10.2. The average Bonchev–Trinajstić information content (AvgIpc) is 3.15. The van der Waals surface area contributed by atoms with Crippen LogP contribution in [0.25, 0.3) is 5.69 Å². The summed E-state index contributed by atoms with van der Waals surface area (Å²) < 4.78 is 7.37. The Kier molecular flexibility index (Phi) is 7.25. The molecule has 10 heteroatoms. The molecule has 1 saturated heterocycles. The van der Waals surface area contributed by atoms with E-state index in [-0.39, 0.29) is 12.3 Å². The molecule has 1 aliphatic heterocycles. The summed E-state index contributed by atoms with van der Waals surface area (Å²) in [5, 5.41) is 14.0. The van der Waals surface area contributed by atoms with Crippen molar-refractivity contribution in [3.05, 3.63) is 42.5 Å². The number of carbonyl (C=O) groups is 2. The SMILES string of the molecule is C=CCNC(=O)NC(=O)CSc1nnc(N2CCOCC2)n1-c1cccc(C)c1. The molecule has 1 aromatic heterocycles. The molecule has 3 rings (SSSR count). The number of rotatable bonds is 7. The Morgan fingerprint density at radius 2 is 2.10 bits per heavy atom. The van der Waals surface area contributed by atoms with Gasteiger partial charge in [0, 0.05) is 19.6 Å². The van der Waals surface area contributed by atoms with E-state index in [0.29, 0.717) is 24.3 Å². The van der Waals surface area contributed by atoms with Crippen molar-refractivity contribution in [2.75, 3.05) is 43.5 Å². The Bertz CT molecular complexity index is 879. The third-order valence-electron chi connectivity index (χ3n) is 4.16.